The lowest BCUT2D eigenvalue weighted by atomic mass is 9.41. The molecule has 46 heavy (non-hydrogen) atoms. The summed E-state index contributed by atoms with van der Waals surface area (Å²) in [7, 11) is 0. The van der Waals surface area contributed by atoms with Crippen molar-refractivity contribution in [3.05, 3.63) is 0 Å². The molecule has 2 spiro atoms. The Bertz CT molecular complexity index is 1180. The zero-order valence-corrected chi connectivity index (χ0v) is 30.2. The molecule has 0 aromatic carbocycles. The van der Waals surface area contributed by atoms with Crippen molar-refractivity contribution in [2.24, 2.45) is 50.7 Å². The summed E-state index contributed by atoms with van der Waals surface area (Å²) < 4.78 is 19.7. The summed E-state index contributed by atoms with van der Waals surface area (Å²) in [5, 5.41) is 44.5. The number of aliphatic hydroxyl groups is 4. The predicted molar refractivity (Wildman–Crippen MR) is 176 cm³/mol. The Labute approximate surface area is 277 Å². The van der Waals surface area contributed by atoms with Gasteiger partial charge in [0.2, 0.25) is 0 Å². The van der Waals surface area contributed by atoms with E-state index in [9.17, 15) is 20.4 Å². The predicted octanol–water partition coefficient (Wildman–Crippen LogP) is 4.75. The smallest absolute Gasteiger partial charge is 0.170 e. The van der Waals surface area contributed by atoms with Crippen molar-refractivity contribution in [3.63, 3.8) is 0 Å². The van der Waals surface area contributed by atoms with Gasteiger partial charge in [0.25, 0.3) is 0 Å². The zero-order valence-electron chi connectivity index (χ0n) is 30.2. The fourth-order valence-corrected chi connectivity index (χ4v) is 13.8. The van der Waals surface area contributed by atoms with E-state index < -0.39 is 29.5 Å². The lowest BCUT2D eigenvalue weighted by Gasteiger charge is -2.64. The van der Waals surface area contributed by atoms with E-state index in [1.807, 2.05) is 13.8 Å². The van der Waals surface area contributed by atoms with Crippen LogP contribution >= 0.6 is 0 Å². The first-order valence-electron chi connectivity index (χ1n) is 18.7. The summed E-state index contributed by atoms with van der Waals surface area (Å²) in [6.45, 7) is 21.9. The van der Waals surface area contributed by atoms with Crippen molar-refractivity contribution in [3.8, 4) is 0 Å². The molecule has 4 N–H and O–H groups in total. The Balaban J connectivity index is 1.11. The monoisotopic (exact) mass is 647 g/mol. The summed E-state index contributed by atoms with van der Waals surface area (Å²) in [5.41, 5.74) is -1.68. The number of hydrogen-bond acceptors (Lipinski definition) is 8. The lowest BCUT2D eigenvalue weighted by Crippen LogP contribution is -2.60. The van der Waals surface area contributed by atoms with Gasteiger partial charge >= 0.3 is 0 Å². The number of rotatable bonds is 6. The molecule has 0 amide bonds. The average Bonchev–Trinajstić information content (AvgIpc) is 3.57. The highest BCUT2D eigenvalue weighted by atomic mass is 16.7. The molecule has 7 aliphatic rings. The van der Waals surface area contributed by atoms with Crippen LogP contribution < -0.4 is 0 Å². The standard InChI is InChI=1S/C38H65NO7/c1-22-18-23(30(40)34(6,7)43)45-29-28(22)35(8)14-15-38-20-37(38)13-12-26(46-27-19-39(16-17-44-27)21-32(2,3)42)33(4,5)24(37)10-11-25(38)36(35,9)31(29)41/h22-31,40-43H,10-21H2,1-9H3/t22-,23?,24+,25+,26+,27?,28?,29?,30+,31+,35-,36-,37-,38?/m1/s1. The molecule has 7 rings (SSSR count). The molecular formula is C38H65NO7. The van der Waals surface area contributed by atoms with Crippen LogP contribution in [0, 0.1) is 50.7 Å². The molecule has 8 nitrogen and oxygen atoms in total. The van der Waals surface area contributed by atoms with Crippen LogP contribution in [0.15, 0.2) is 0 Å². The lowest BCUT2D eigenvalue weighted by molar-refractivity contribution is -0.250. The number of fused-ring (bicyclic) bond motifs is 4. The van der Waals surface area contributed by atoms with Crippen molar-refractivity contribution < 1.29 is 34.6 Å². The summed E-state index contributed by atoms with van der Waals surface area (Å²) in [4.78, 5) is 2.27. The van der Waals surface area contributed by atoms with Crippen LogP contribution in [0.1, 0.15) is 114 Å². The molecule has 5 aliphatic carbocycles. The van der Waals surface area contributed by atoms with Crippen molar-refractivity contribution in [2.45, 2.75) is 162 Å². The van der Waals surface area contributed by atoms with Crippen LogP contribution in [0.4, 0.5) is 0 Å². The second kappa shape index (κ2) is 10.6. The zero-order chi connectivity index (χ0) is 33.5. The number of aliphatic hydroxyl groups excluding tert-OH is 2. The van der Waals surface area contributed by atoms with Crippen LogP contribution in [-0.2, 0) is 14.2 Å². The molecular weight excluding hydrogens is 582 g/mol. The molecule has 14 atom stereocenters. The van der Waals surface area contributed by atoms with Gasteiger partial charge in [-0.15, -0.1) is 0 Å². The highest BCUT2D eigenvalue weighted by Gasteiger charge is 2.84. The third-order valence-corrected chi connectivity index (χ3v) is 15.9. The molecule has 5 unspecified atom stereocenters. The second-order valence-corrected chi connectivity index (χ2v) is 19.6. The average molecular weight is 648 g/mol. The Morgan fingerprint density at radius 3 is 2.30 bits per heavy atom. The van der Waals surface area contributed by atoms with Crippen LogP contribution in [0.5, 0.6) is 0 Å². The number of hydrogen-bond donors (Lipinski definition) is 4. The first-order chi connectivity index (χ1) is 21.2. The van der Waals surface area contributed by atoms with E-state index in [0.717, 1.165) is 25.8 Å². The third kappa shape index (κ3) is 4.66. The Morgan fingerprint density at radius 1 is 0.957 bits per heavy atom. The normalized spacial score (nSPS) is 52.5. The number of ether oxygens (including phenoxy) is 3. The molecule has 0 aromatic rings. The minimum Gasteiger partial charge on any atom is -0.390 e. The maximum atomic E-state index is 12.4. The number of morpholine rings is 1. The van der Waals surface area contributed by atoms with E-state index in [1.54, 1.807) is 13.8 Å². The summed E-state index contributed by atoms with van der Waals surface area (Å²) in [5.74, 6) is 1.58. The van der Waals surface area contributed by atoms with Gasteiger partial charge in [-0.3, -0.25) is 4.90 Å². The molecule has 7 fully saturated rings. The van der Waals surface area contributed by atoms with E-state index in [4.69, 9.17) is 14.2 Å². The summed E-state index contributed by atoms with van der Waals surface area (Å²) in [6.07, 6.45) is 6.40. The molecule has 0 radical (unpaired) electrons. The summed E-state index contributed by atoms with van der Waals surface area (Å²) in [6, 6.07) is 0. The van der Waals surface area contributed by atoms with Gasteiger partial charge in [0, 0.05) is 25.0 Å². The van der Waals surface area contributed by atoms with Gasteiger partial charge in [0.1, 0.15) is 6.10 Å². The highest BCUT2D eigenvalue weighted by molar-refractivity contribution is 5.33. The van der Waals surface area contributed by atoms with Crippen LogP contribution in [0.25, 0.3) is 0 Å². The summed E-state index contributed by atoms with van der Waals surface area (Å²) >= 11 is 0. The van der Waals surface area contributed by atoms with E-state index in [1.165, 1.54) is 25.7 Å². The molecule has 0 aromatic heterocycles. The largest absolute Gasteiger partial charge is 0.390 e. The molecule has 2 saturated heterocycles. The van der Waals surface area contributed by atoms with E-state index in [0.29, 0.717) is 49.3 Å². The van der Waals surface area contributed by atoms with Gasteiger partial charge in [-0.1, -0.05) is 34.6 Å². The number of β-amino-alcohol motifs (C(OH)–C–C–N with tert-alkyl or cyclic N) is 1. The van der Waals surface area contributed by atoms with Gasteiger partial charge in [-0.2, -0.15) is 0 Å². The first-order valence-corrected chi connectivity index (χ1v) is 18.7. The van der Waals surface area contributed by atoms with Crippen LogP contribution in [-0.4, -0.2) is 99.6 Å². The minimum atomic E-state index is -1.25. The van der Waals surface area contributed by atoms with Gasteiger partial charge in [-0.05, 0) is 124 Å². The van der Waals surface area contributed by atoms with Crippen molar-refractivity contribution in [1.29, 1.82) is 0 Å². The SMILES string of the molecule is C[C@@H]1CC([C@H](O)C(C)(C)O)OC2C1[C@@]1(C)CCC34C[C@@]35CC[C@H](OC3CN(CC(C)(C)O)CCO3)C(C)(C)[C@@H]5CC[C@H]4[C@]1(C)[C@H]2O. The van der Waals surface area contributed by atoms with Crippen molar-refractivity contribution in [1.82, 2.24) is 4.90 Å². The Kier molecular flexibility index (Phi) is 7.87. The Morgan fingerprint density at radius 2 is 1.63 bits per heavy atom. The molecule has 0 bridgehead atoms. The first kappa shape index (κ1) is 34.1. The van der Waals surface area contributed by atoms with Gasteiger partial charge < -0.3 is 34.6 Å². The van der Waals surface area contributed by atoms with Crippen molar-refractivity contribution in [2.75, 3.05) is 26.2 Å². The van der Waals surface area contributed by atoms with Crippen molar-refractivity contribution >= 4 is 0 Å². The van der Waals surface area contributed by atoms with Crippen LogP contribution in [0.2, 0.25) is 0 Å². The molecule has 8 heteroatoms. The van der Waals surface area contributed by atoms with Gasteiger partial charge in [0.15, 0.2) is 6.29 Å². The maximum absolute atomic E-state index is 12.4. The highest BCUT2D eigenvalue weighted by Crippen LogP contribution is 2.89. The maximum Gasteiger partial charge on any atom is 0.170 e. The topological polar surface area (TPSA) is 112 Å². The fourth-order valence-electron chi connectivity index (χ4n) is 13.8. The molecule has 5 saturated carbocycles. The Hall–Kier alpha value is -0.320. The minimum absolute atomic E-state index is 0.0244. The van der Waals surface area contributed by atoms with Crippen LogP contribution in [0.3, 0.4) is 0 Å². The molecule has 2 heterocycles. The molecule has 2 aliphatic heterocycles. The van der Waals surface area contributed by atoms with E-state index >= 15 is 0 Å². The third-order valence-electron chi connectivity index (χ3n) is 15.9. The molecule has 264 valence electrons. The van der Waals surface area contributed by atoms with E-state index in [2.05, 4.69) is 39.5 Å². The van der Waals surface area contributed by atoms with Gasteiger partial charge in [-0.25, -0.2) is 0 Å². The fraction of sp³-hybridized carbons (Fsp3) is 1.00. The second-order valence-electron chi connectivity index (χ2n) is 19.6. The van der Waals surface area contributed by atoms with E-state index in [-0.39, 0.29) is 46.1 Å². The quantitative estimate of drug-likeness (QED) is 0.327. The number of nitrogens with zero attached hydrogens (tertiary/aromatic N) is 1. The van der Waals surface area contributed by atoms with Gasteiger partial charge in [0.05, 0.1) is 42.2 Å².